The predicted molar refractivity (Wildman–Crippen MR) is 116 cm³/mol. The van der Waals surface area contributed by atoms with Gasteiger partial charge in [-0.15, -0.1) is 0 Å². The van der Waals surface area contributed by atoms with Gasteiger partial charge in [-0.2, -0.15) is 0 Å². The number of carbonyl (C=O) groups is 1. The fourth-order valence-electron chi connectivity index (χ4n) is 2.91. The summed E-state index contributed by atoms with van der Waals surface area (Å²) in [5, 5.41) is 2.90. The summed E-state index contributed by atoms with van der Waals surface area (Å²) < 4.78 is 16.8. The van der Waals surface area contributed by atoms with Crippen LogP contribution in [-0.2, 0) is 11.3 Å². The molecule has 6 heteroatoms. The first-order valence-electron chi connectivity index (χ1n) is 9.87. The second kappa shape index (κ2) is 10.4. The van der Waals surface area contributed by atoms with Crippen LogP contribution in [0.5, 0.6) is 17.2 Å². The third-order valence-electron chi connectivity index (χ3n) is 4.31. The van der Waals surface area contributed by atoms with E-state index in [2.05, 4.69) is 17.2 Å². The van der Waals surface area contributed by atoms with Crippen LogP contribution in [0.25, 0.3) is 0 Å². The van der Waals surface area contributed by atoms with E-state index in [1.54, 1.807) is 32.2 Å². The van der Waals surface area contributed by atoms with Gasteiger partial charge in [0, 0.05) is 18.9 Å². The number of nitrogens with one attached hydrogen (secondary N) is 1. The number of pyridine rings is 1. The average Bonchev–Trinajstić information content (AvgIpc) is 2.73. The topological polar surface area (TPSA) is 69.7 Å². The number of nitrogens with zero attached hydrogens (tertiary/aromatic N) is 1. The Labute approximate surface area is 176 Å². The molecule has 6 nitrogen and oxygen atoms in total. The zero-order valence-electron chi connectivity index (χ0n) is 17.5. The summed E-state index contributed by atoms with van der Waals surface area (Å²) in [7, 11) is 1.61. The molecule has 0 radical (unpaired) electrons. The largest absolute Gasteiger partial charge is 0.490 e. The lowest BCUT2D eigenvalue weighted by molar-refractivity contribution is 0.102. The molecule has 3 rings (SSSR count). The van der Waals surface area contributed by atoms with Crippen molar-refractivity contribution >= 4 is 11.6 Å². The van der Waals surface area contributed by atoms with Gasteiger partial charge in [-0.1, -0.05) is 25.1 Å². The molecule has 0 aliphatic carbocycles. The number of hydrogen-bond donors (Lipinski definition) is 1. The van der Waals surface area contributed by atoms with Crippen molar-refractivity contribution in [1.29, 1.82) is 0 Å². The van der Waals surface area contributed by atoms with E-state index in [0.29, 0.717) is 47.4 Å². The minimum Gasteiger partial charge on any atom is -0.490 e. The molecular weight excluding hydrogens is 380 g/mol. The Morgan fingerprint density at radius 3 is 2.57 bits per heavy atom. The Bertz CT molecular complexity index is 1000. The van der Waals surface area contributed by atoms with Gasteiger partial charge >= 0.3 is 0 Å². The van der Waals surface area contributed by atoms with Crippen LogP contribution < -0.4 is 14.8 Å². The molecule has 0 bridgehead atoms. The molecule has 2 aromatic carbocycles. The van der Waals surface area contributed by atoms with Crippen molar-refractivity contribution in [3.05, 3.63) is 77.6 Å². The number of para-hydroxylation sites is 2. The molecular formula is C24H26N2O4. The van der Waals surface area contributed by atoms with Gasteiger partial charge in [-0.05, 0) is 49.7 Å². The molecule has 1 amide bonds. The Morgan fingerprint density at radius 1 is 1.03 bits per heavy atom. The van der Waals surface area contributed by atoms with Gasteiger partial charge in [0.2, 0.25) is 0 Å². The maximum atomic E-state index is 12.7. The van der Waals surface area contributed by atoms with Crippen LogP contribution in [0.15, 0.2) is 60.7 Å². The molecule has 1 aromatic heterocycles. The maximum absolute atomic E-state index is 12.7. The van der Waals surface area contributed by atoms with Crippen LogP contribution in [0.2, 0.25) is 0 Å². The third-order valence-corrected chi connectivity index (χ3v) is 4.31. The highest BCUT2D eigenvalue weighted by Crippen LogP contribution is 2.32. The molecule has 0 fully saturated rings. The first-order chi connectivity index (χ1) is 14.6. The molecule has 1 N–H and O–H groups in total. The van der Waals surface area contributed by atoms with Crippen LogP contribution in [0, 0.1) is 6.92 Å². The average molecular weight is 406 g/mol. The zero-order valence-corrected chi connectivity index (χ0v) is 17.5. The Balaban J connectivity index is 1.73. The van der Waals surface area contributed by atoms with Crippen molar-refractivity contribution in [1.82, 2.24) is 4.98 Å². The summed E-state index contributed by atoms with van der Waals surface area (Å²) in [6.07, 6.45) is 0.913. The fourth-order valence-corrected chi connectivity index (χ4v) is 2.91. The highest BCUT2D eigenvalue weighted by atomic mass is 16.5. The van der Waals surface area contributed by atoms with E-state index in [0.717, 1.165) is 12.1 Å². The molecule has 30 heavy (non-hydrogen) atoms. The molecule has 0 saturated carbocycles. The van der Waals surface area contributed by atoms with Crippen molar-refractivity contribution in [2.45, 2.75) is 26.9 Å². The molecule has 0 atom stereocenters. The molecule has 0 aliphatic rings. The summed E-state index contributed by atoms with van der Waals surface area (Å²) in [6.45, 7) is 4.89. The SMILES string of the molecule is CCCOc1ccccc1Oc1cccc(NC(=O)c2ccc(COC)nc2C)c1. The van der Waals surface area contributed by atoms with Gasteiger partial charge in [-0.3, -0.25) is 9.78 Å². The highest BCUT2D eigenvalue weighted by Gasteiger charge is 2.12. The Morgan fingerprint density at radius 2 is 1.83 bits per heavy atom. The van der Waals surface area contributed by atoms with Crippen LogP contribution in [0.4, 0.5) is 5.69 Å². The van der Waals surface area contributed by atoms with E-state index < -0.39 is 0 Å². The van der Waals surface area contributed by atoms with Gasteiger partial charge in [-0.25, -0.2) is 0 Å². The summed E-state index contributed by atoms with van der Waals surface area (Å²) in [5.74, 6) is 1.69. The lowest BCUT2D eigenvalue weighted by atomic mass is 10.1. The van der Waals surface area contributed by atoms with Gasteiger partial charge < -0.3 is 19.5 Å². The van der Waals surface area contributed by atoms with Gasteiger partial charge in [0.1, 0.15) is 5.75 Å². The minimum atomic E-state index is -0.229. The number of rotatable bonds is 9. The lowest BCUT2D eigenvalue weighted by Gasteiger charge is -2.13. The molecule has 0 saturated heterocycles. The van der Waals surface area contributed by atoms with Crippen molar-refractivity contribution in [2.24, 2.45) is 0 Å². The molecule has 156 valence electrons. The number of carbonyl (C=O) groups excluding carboxylic acids is 1. The normalized spacial score (nSPS) is 10.5. The van der Waals surface area contributed by atoms with Crippen molar-refractivity contribution < 1.29 is 19.0 Å². The second-order valence-corrected chi connectivity index (χ2v) is 6.75. The van der Waals surface area contributed by atoms with Crippen LogP contribution in [0.1, 0.15) is 35.1 Å². The monoisotopic (exact) mass is 406 g/mol. The number of aryl methyl sites for hydroxylation is 1. The summed E-state index contributed by atoms with van der Waals surface area (Å²) in [6, 6.07) is 18.3. The zero-order chi connectivity index (χ0) is 21.3. The molecule has 0 spiro atoms. The van der Waals surface area contributed by atoms with E-state index in [9.17, 15) is 4.79 Å². The lowest BCUT2D eigenvalue weighted by Crippen LogP contribution is -2.14. The van der Waals surface area contributed by atoms with E-state index in [4.69, 9.17) is 14.2 Å². The van der Waals surface area contributed by atoms with E-state index in [1.807, 2.05) is 42.5 Å². The van der Waals surface area contributed by atoms with Crippen LogP contribution in [-0.4, -0.2) is 24.6 Å². The highest BCUT2D eigenvalue weighted by molar-refractivity contribution is 6.05. The molecule has 0 unspecified atom stereocenters. The maximum Gasteiger partial charge on any atom is 0.257 e. The Kier molecular flexibility index (Phi) is 7.40. The summed E-state index contributed by atoms with van der Waals surface area (Å²) in [4.78, 5) is 17.1. The van der Waals surface area contributed by atoms with Gasteiger partial charge in [0.05, 0.1) is 30.2 Å². The van der Waals surface area contributed by atoms with Gasteiger partial charge in [0.15, 0.2) is 11.5 Å². The number of ether oxygens (including phenoxy) is 3. The minimum absolute atomic E-state index is 0.229. The predicted octanol–water partition coefficient (Wildman–Crippen LogP) is 5.37. The van der Waals surface area contributed by atoms with Crippen molar-refractivity contribution in [3.63, 3.8) is 0 Å². The number of hydrogen-bond acceptors (Lipinski definition) is 5. The van der Waals surface area contributed by atoms with E-state index >= 15 is 0 Å². The van der Waals surface area contributed by atoms with Crippen molar-refractivity contribution in [3.8, 4) is 17.2 Å². The molecule has 3 aromatic rings. The third kappa shape index (κ3) is 5.58. The quantitative estimate of drug-likeness (QED) is 0.517. The number of methoxy groups -OCH3 is 1. The van der Waals surface area contributed by atoms with Crippen LogP contribution >= 0.6 is 0 Å². The number of amides is 1. The van der Waals surface area contributed by atoms with E-state index in [-0.39, 0.29) is 5.91 Å². The standard InChI is InChI=1S/C24H26N2O4/c1-4-14-29-22-10-5-6-11-23(22)30-20-9-7-8-18(15-20)26-24(27)21-13-12-19(16-28-3)25-17(21)2/h5-13,15H,4,14,16H2,1-3H3,(H,26,27). The molecule has 1 heterocycles. The number of anilines is 1. The van der Waals surface area contributed by atoms with Crippen molar-refractivity contribution in [2.75, 3.05) is 19.0 Å². The fraction of sp³-hybridized carbons (Fsp3) is 0.250. The Hall–Kier alpha value is -3.38. The second-order valence-electron chi connectivity index (χ2n) is 6.75. The first kappa shape index (κ1) is 21.3. The van der Waals surface area contributed by atoms with Gasteiger partial charge in [0.25, 0.3) is 5.91 Å². The van der Waals surface area contributed by atoms with Crippen LogP contribution in [0.3, 0.4) is 0 Å². The summed E-state index contributed by atoms with van der Waals surface area (Å²) >= 11 is 0. The molecule has 0 aliphatic heterocycles. The smallest absolute Gasteiger partial charge is 0.257 e. The van der Waals surface area contributed by atoms with E-state index in [1.165, 1.54) is 0 Å². The number of benzene rings is 2. The number of aromatic nitrogens is 1. The first-order valence-corrected chi connectivity index (χ1v) is 9.87. The summed E-state index contributed by atoms with van der Waals surface area (Å²) in [5.41, 5.74) is 2.58.